The van der Waals surface area contributed by atoms with Crippen molar-refractivity contribution in [1.29, 1.82) is 5.26 Å². The fraction of sp³-hybridized carbons (Fsp3) is 0.294. The van der Waals surface area contributed by atoms with E-state index in [-0.39, 0.29) is 11.5 Å². The number of nitrogens with one attached hydrogen (secondary N) is 2. The molecule has 2 heterocycles. The average Bonchev–Trinajstić information content (AvgIpc) is 2.64. The highest BCUT2D eigenvalue weighted by atomic mass is 16.5. The van der Waals surface area contributed by atoms with Gasteiger partial charge in [0.05, 0.1) is 17.7 Å². The van der Waals surface area contributed by atoms with Gasteiger partial charge in [0.15, 0.2) is 0 Å². The van der Waals surface area contributed by atoms with Gasteiger partial charge in [-0.25, -0.2) is 4.98 Å². The molecule has 8 heteroatoms. The molecule has 8 nitrogen and oxygen atoms in total. The van der Waals surface area contributed by atoms with Crippen molar-refractivity contribution >= 4 is 11.7 Å². The number of methoxy groups -OCH3 is 1. The van der Waals surface area contributed by atoms with Crippen LogP contribution in [0.15, 0.2) is 41.5 Å². The molecule has 0 aromatic carbocycles. The minimum absolute atomic E-state index is 0.186. The van der Waals surface area contributed by atoms with E-state index in [0.29, 0.717) is 43.2 Å². The third kappa shape index (κ3) is 5.16. The predicted molar refractivity (Wildman–Crippen MR) is 92.4 cm³/mol. The molecule has 0 saturated carbocycles. The van der Waals surface area contributed by atoms with Crippen molar-refractivity contribution in [3.63, 3.8) is 0 Å². The molecule has 0 aliphatic rings. The lowest BCUT2D eigenvalue weighted by atomic mass is 10.2. The van der Waals surface area contributed by atoms with Crippen LogP contribution in [-0.2, 0) is 11.3 Å². The molecule has 25 heavy (non-hydrogen) atoms. The van der Waals surface area contributed by atoms with Gasteiger partial charge < -0.3 is 19.9 Å². The highest BCUT2D eigenvalue weighted by Crippen LogP contribution is 2.08. The smallest absolute Gasteiger partial charge is 0.252 e. The number of aromatic nitrogens is 2. The highest BCUT2D eigenvalue weighted by Gasteiger charge is 2.07. The summed E-state index contributed by atoms with van der Waals surface area (Å²) in [5, 5.41) is 14.7. The third-order valence-corrected chi connectivity index (χ3v) is 3.41. The normalized spacial score (nSPS) is 10.1. The minimum Gasteiger partial charge on any atom is -0.383 e. The van der Waals surface area contributed by atoms with Gasteiger partial charge >= 0.3 is 0 Å². The van der Waals surface area contributed by atoms with E-state index in [1.54, 1.807) is 25.4 Å². The predicted octanol–water partition coefficient (Wildman–Crippen LogP) is 0.603. The van der Waals surface area contributed by atoms with Crippen molar-refractivity contribution in [3.8, 4) is 6.07 Å². The largest absolute Gasteiger partial charge is 0.383 e. The van der Waals surface area contributed by atoms with Crippen LogP contribution in [0.2, 0.25) is 0 Å². The molecule has 0 bridgehead atoms. The SMILES string of the molecule is COCCn1cc(C(=O)NCCNc2ncccc2C#N)ccc1=O. The maximum atomic E-state index is 12.2. The number of carbonyl (C=O) groups is 1. The van der Waals surface area contributed by atoms with E-state index in [2.05, 4.69) is 15.6 Å². The molecule has 0 atom stereocenters. The zero-order chi connectivity index (χ0) is 18.1. The average molecular weight is 341 g/mol. The summed E-state index contributed by atoms with van der Waals surface area (Å²) in [5.74, 6) is 0.196. The van der Waals surface area contributed by atoms with Crippen molar-refractivity contribution in [2.24, 2.45) is 0 Å². The molecule has 2 aromatic rings. The van der Waals surface area contributed by atoms with Gasteiger partial charge in [-0.05, 0) is 18.2 Å². The second-order valence-electron chi connectivity index (χ2n) is 5.14. The molecule has 0 fully saturated rings. The Hall–Kier alpha value is -3.18. The van der Waals surface area contributed by atoms with Crippen LogP contribution < -0.4 is 16.2 Å². The molecule has 2 aromatic heterocycles. The number of pyridine rings is 2. The van der Waals surface area contributed by atoms with E-state index in [1.807, 2.05) is 6.07 Å². The lowest BCUT2D eigenvalue weighted by Crippen LogP contribution is -2.30. The van der Waals surface area contributed by atoms with Gasteiger partial charge in [0, 0.05) is 45.2 Å². The molecule has 0 aliphatic carbocycles. The van der Waals surface area contributed by atoms with Crippen LogP contribution in [0.25, 0.3) is 0 Å². The molecule has 130 valence electrons. The summed E-state index contributed by atoms with van der Waals surface area (Å²) in [4.78, 5) is 28.0. The zero-order valence-electron chi connectivity index (χ0n) is 13.9. The molecule has 0 aliphatic heterocycles. The van der Waals surface area contributed by atoms with E-state index in [1.165, 1.54) is 22.9 Å². The molecular formula is C17H19N5O3. The molecule has 2 rings (SSSR count). The first-order chi connectivity index (χ1) is 12.2. The Morgan fingerprint density at radius 3 is 2.96 bits per heavy atom. The van der Waals surface area contributed by atoms with Gasteiger partial charge in [0.1, 0.15) is 11.9 Å². The van der Waals surface area contributed by atoms with Crippen molar-refractivity contribution < 1.29 is 9.53 Å². The summed E-state index contributed by atoms with van der Waals surface area (Å²) in [6.07, 6.45) is 3.10. The van der Waals surface area contributed by atoms with E-state index in [4.69, 9.17) is 10.00 Å². The maximum absolute atomic E-state index is 12.2. The first-order valence-electron chi connectivity index (χ1n) is 7.72. The van der Waals surface area contributed by atoms with Crippen LogP contribution in [0.3, 0.4) is 0 Å². The summed E-state index contributed by atoms with van der Waals surface area (Å²) < 4.78 is 6.38. The Balaban J connectivity index is 1.88. The Morgan fingerprint density at radius 2 is 2.20 bits per heavy atom. The molecule has 0 spiro atoms. The van der Waals surface area contributed by atoms with Gasteiger partial charge in [-0.15, -0.1) is 0 Å². The summed E-state index contributed by atoms with van der Waals surface area (Å²) in [6, 6.07) is 8.24. The van der Waals surface area contributed by atoms with Gasteiger partial charge in [-0.2, -0.15) is 5.26 Å². The van der Waals surface area contributed by atoms with Crippen LogP contribution in [0.1, 0.15) is 15.9 Å². The Morgan fingerprint density at radius 1 is 1.36 bits per heavy atom. The monoisotopic (exact) mass is 341 g/mol. The summed E-state index contributed by atoms with van der Waals surface area (Å²) in [5.41, 5.74) is 0.653. The van der Waals surface area contributed by atoms with Crippen molar-refractivity contribution in [2.45, 2.75) is 6.54 Å². The molecule has 0 saturated heterocycles. The number of amides is 1. The molecule has 2 N–H and O–H groups in total. The van der Waals surface area contributed by atoms with Crippen molar-refractivity contribution in [1.82, 2.24) is 14.9 Å². The second kappa shape index (κ2) is 9.20. The minimum atomic E-state index is -0.283. The van der Waals surface area contributed by atoms with Crippen LogP contribution >= 0.6 is 0 Å². The van der Waals surface area contributed by atoms with Crippen molar-refractivity contribution in [3.05, 3.63) is 58.1 Å². The quantitative estimate of drug-likeness (QED) is 0.681. The van der Waals surface area contributed by atoms with Crippen LogP contribution in [0, 0.1) is 11.3 Å². The Labute approximate surface area is 145 Å². The van der Waals surface area contributed by atoms with Gasteiger partial charge in [-0.3, -0.25) is 9.59 Å². The highest BCUT2D eigenvalue weighted by molar-refractivity contribution is 5.93. The molecular weight excluding hydrogens is 322 g/mol. The molecule has 0 unspecified atom stereocenters. The third-order valence-electron chi connectivity index (χ3n) is 3.41. The van der Waals surface area contributed by atoms with Crippen LogP contribution in [0.4, 0.5) is 5.82 Å². The number of nitrogens with zero attached hydrogens (tertiary/aromatic N) is 3. The van der Waals surface area contributed by atoms with E-state index in [0.717, 1.165) is 0 Å². The first kappa shape index (κ1) is 18.2. The summed E-state index contributed by atoms with van der Waals surface area (Å²) in [7, 11) is 1.55. The molecule has 1 amide bonds. The Bertz CT molecular complexity index is 826. The number of ether oxygens (including phenoxy) is 1. The lowest BCUT2D eigenvalue weighted by molar-refractivity contribution is 0.0954. The zero-order valence-corrected chi connectivity index (χ0v) is 13.9. The first-order valence-corrected chi connectivity index (χ1v) is 7.72. The number of hydrogen-bond acceptors (Lipinski definition) is 6. The fourth-order valence-electron chi connectivity index (χ4n) is 2.13. The van der Waals surface area contributed by atoms with Crippen LogP contribution in [0.5, 0.6) is 0 Å². The maximum Gasteiger partial charge on any atom is 0.252 e. The summed E-state index contributed by atoms with van der Waals surface area (Å²) >= 11 is 0. The fourth-order valence-corrected chi connectivity index (χ4v) is 2.13. The molecule has 0 radical (unpaired) electrons. The van der Waals surface area contributed by atoms with E-state index >= 15 is 0 Å². The number of carbonyl (C=O) groups excluding carboxylic acids is 1. The van der Waals surface area contributed by atoms with Gasteiger partial charge in [-0.1, -0.05) is 0 Å². The van der Waals surface area contributed by atoms with Gasteiger partial charge in [0.25, 0.3) is 11.5 Å². The van der Waals surface area contributed by atoms with E-state index < -0.39 is 0 Å². The second-order valence-corrected chi connectivity index (χ2v) is 5.14. The van der Waals surface area contributed by atoms with Gasteiger partial charge in [0.2, 0.25) is 0 Å². The lowest BCUT2D eigenvalue weighted by Gasteiger charge is -2.10. The van der Waals surface area contributed by atoms with E-state index in [9.17, 15) is 9.59 Å². The number of anilines is 1. The number of rotatable bonds is 8. The summed E-state index contributed by atoms with van der Waals surface area (Å²) in [6.45, 7) is 1.53. The van der Waals surface area contributed by atoms with Crippen LogP contribution in [-0.4, -0.2) is 42.3 Å². The standard InChI is InChI=1S/C17H19N5O3/c1-25-10-9-22-12-14(4-5-15(22)23)17(24)21-8-7-20-16-13(11-18)3-2-6-19-16/h2-6,12H,7-10H2,1H3,(H,19,20)(H,21,24). The van der Waals surface area contributed by atoms with Crippen molar-refractivity contribution in [2.75, 3.05) is 32.1 Å². The Kier molecular flexibility index (Phi) is 6.68. The number of hydrogen-bond donors (Lipinski definition) is 2. The topological polar surface area (TPSA) is 109 Å². The number of nitriles is 1.